The van der Waals surface area contributed by atoms with Crippen LogP contribution in [0.2, 0.25) is 5.02 Å². The van der Waals surface area contributed by atoms with E-state index in [1.54, 1.807) is 6.07 Å². The van der Waals surface area contributed by atoms with Crippen LogP contribution in [0.4, 0.5) is 15.8 Å². The van der Waals surface area contributed by atoms with Crippen molar-refractivity contribution in [1.29, 1.82) is 0 Å². The highest BCUT2D eigenvalue weighted by Crippen LogP contribution is 2.27. The predicted octanol–water partition coefficient (Wildman–Crippen LogP) is 4.40. The van der Waals surface area contributed by atoms with E-state index in [1.807, 2.05) is 0 Å². The first-order chi connectivity index (χ1) is 9.88. The zero-order valence-electron chi connectivity index (χ0n) is 10.3. The highest BCUT2D eigenvalue weighted by molar-refractivity contribution is 9.10. The quantitative estimate of drug-likeness (QED) is 0.640. The highest BCUT2D eigenvalue weighted by Gasteiger charge is 2.19. The number of carbonyl (C=O) groups excluding carboxylic acids is 1. The van der Waals surface area contributed by atoms with Gasteiger partial charge in [-0.3, -0.25) is 14.9 Å². The maximum atomic E-state index is 13.2. The van der Waals surface area contributed by atoms with Crippen LogP contribution in [0.5, 0.6) is 0 Å². The zero-order chi connectivity index (χ0) is 15.6. The number of amides is 1. The van der Waals surface area contributed by atoms with E-state index in [9.17, 15) is 19.3 Å². The molecule has 0 atom stereocenters. The molecule has 1 amide bonds. The van der Waals surface area contributed by atoms with Crippen LogP contribution in [0.15, 0.2) is 40.9 Å². The lowest BCUT2D eigenvalue weighted by Gasteiger charge is -2.08. The third-order valence-electron chi connectivity index (χ3n) is 2.58. The van der Waals surface area contributed by atoms with Gasteiger partial charge in [0.25, 0.3) is 11.6 Å². The van der Waals surface area contributed by atoms with Crippen LogP contribution in [0.1, 0.15) is 10.4 Å². The molecule has 0 fully saturated rings. The van der Waals surface area contributed by atoms with Gasteiger partial charge in [-0.25, -0.2) is 4.39 Å². The molecule has 8 heteroatoms. The molecule has 0 aliphatic rings. The van der Waals surface area contributed by atoms with Gasteiger partial charge in [0.05, 0.1) is 15.5 Å². The van der Waals surface area contributed by atoms with Crippen molar-refractivity contribution < 1.29 is 14.1 Å². The summed E-state index contributed by atoms with van der Waals surface area (Å²) in [5.74, 6) is -1.37. The smallest absolute Gasteiger partial charge is 0.292 e. The lowest BCUT2D eigenvalue weighted by Crippen LogP contribution is -2.14. The number of anilines is 1. The van der Waals surface area contributed by atoms with E-state index in [-0.39, 0.29) is 16.3 Å². The third-order valence-corrected chi connectivity index (χ3v) is 3.40. The Balaban J connectivity index is 2.38. The number of rotatable bonds is 3. The van der Waals surface area contributed by atoms with Crippen LogP contribution in [0.3, 0.4) is 0 Å². The minimum atomic E-state index is -0.711. The minimum absolute atomic E-state index is 0.115. The van der Waals surface area contributed by atoms with Gasteiger partial charge in [-0.1, -0.05) is 27.5 Å². The molecule has 5 nitrogen and oxygen atoms in total. The van der Waals surface area contributed by atoms with Crippen molar-refractivity contribution in [2.75, 3.05) is 5.32 Å². The highest BCUT2D eigenvalue weighted by atomic mass is 79.9. The molecule has 108 valence electrons. The van der Waals surface area contributed by atoms with Crippen molar-refractivity contribution in [2.45, 2.75) is 0 Å². The van der Waals surface area contributed by atoms with E-state index < -0.39 is 22.3 Å². The molecule has 2 aromatic carbocycles. The minimum Gasteiger partial charge on any atom is -0.316 e. The summed E-state index contributed by atoms with van der Waals surface area (Å²) in [6.07, 6.45) is 0. The predicted molar refractivity (Wildman–Crippen MR) is 80.2 cm³/mol. The Kier molecular flexibility index (Phi) is 4.54. The first kappa shape index (κ1) is 15.4. The molecular formula is C13H7BrClFN2O3. The molecule has 0 aromatic heterocycles. The SMILES string of the molecule is O=C(Nc1cc(F)ccc1[N+](=O)[O-])c1cc(Br)ccc1Cl. The lowest BCUT2D eigenvalue weighted by molar-refractivity contribution is -0.384. The molecule has 0 unspecified atom stereocenters. The molecule has 1 N–H and O–H groups in total. The van der Waals surface area contributed by atoms with Crippen molar-refractivity contribution in [3.63, 3.8) is 0 Å². The molecular weight excluding hydrogens is 367 g/mol. The second-order valence-electron chi connectivity index (χ2n) is 4.00. The van der Waals surface area contributed by atoms with E-state index in [2.05, 4.69) is 21.2 Å². The molecule has 0 spiro atoms. The van der Waals surface area contributed by atoms with Gasteiger partial charge in [-0.2, -0.15) is 0 Å². The largest absolute Gasteiger partial charge is 0.316 e. The van der Waals surface area contributed by atoms with Crippen LogP contribution >= 0.6 is 27.5 Å². The van der Waals surface area contributed by atoms with Gasteiger partial charge < -0.3 is 5.32 Å². The standard InChI is InChI=1S/C13H7BrClFN2O3/c14-7-1-3-10(15)9(5-7)13(19)17-11-6-8(16)2-4-12(11)18(20)21/h1-6H,(H,17,19). The lowest BCUT2D eigenvalue weighted by atomic mass is 10.2. The monoisotopic (exact) mass is 372 g/mol. The fourth-order valence-corrected chi connectivity index (χ4v) is 2.19. The van der Waals surface area contributed by atoms with Crippen molar-refractivity contribution in [3.8, 4) is 0 Å². The Hall–Kier alpha value is -1.99. The number of benzene rings is 2. The second-order valence-corrected chi connectivity index (χ2v) is 5.32. The van der Waals surface area contributed by atoms with Crippen molar-refractivity contribution in [3.05, 3.63) is 67.4 Å². The summed E-state index contributed by atoms with van der Waals surface area (Å²) in [5.41, 5.74) is -0.526. The average Bonchev–Trinajstić information content (AvgIpc) is 2.41. The summed E-state index contributed by atoms with van der Waals surface area (Å²) in [7, 11) is 0. The number of carbonyl (C=O) groups is 1. The number of hydrogen-bond donors (Lipinski definition) is 1. The molecule has 0 heterocycles. The van der Waals surface area contributed by atoms with Crippen LogP contribution in [-0.4, -0.2) is 10.8 Å². The maximum Gasteiger partial charge on any atom is 0.292 e. The number of nitrogens with zero attached hydrogens (tertiary/aromatic N) is 1. The summed E-state index contributed by atoms with van der Waals surface area (Å²) in [5, 5.41) is 13.3. The first-order valence-electron chi connectivity index (χ1n) is 5.59. The molecule has 0 saturated carbocycles. The van der Waals surface area contributed by atoms with Gasteiger partial charge in [0.2, 0.25) is 0 Å². The van der Waals surface area contributed by atoms with Gasteiger partial charge in [0, 0.05) is 16.6 Å². The summed E-state index contributed by atoms with van der Waals surface area (Å²) >= 11 is 9.09. The van der Waals surface area contributed by atoms with Gasteiger partial charge in [-0.05, 0) is 24.3 Å². The van der Waals surface area contributed by atoms with Crippen LogP contribution in [0.25, 0.3) is 0 Å². The Morgan fingerprint density at radius 1 is 1.29 bits per heavy atom. The zero-order valence-corrected chi connectivity index (χ0v) is 12.6. The maximum absolute atomic E-state index is 13.2. The second kappa shape index (κ2) is 6.19. The third kappa shape index (κ3) is 3.56. The summed E-state index contributed by atoms with van der Waals surface area (Å²) in [6.45, 7) is 0. The van der Waals surface area contributed by atoms with E-state index in [1.165, 1.54) is 12.1 Å². The average molecular weight is 374 g/mol. The van der Waals surface area contributed by atoms with Gasteiger partial charge in [0.1, 0.15) is 11.5 Å². The van der Waals surface area contributed by atoms with E-state index in [0.717, 1.165) is 18.2 Å². The number of hydrogen-bond acceptors (Lipinski definition) is 3. The molecule has 0 radical (unpaired) electrons. The van der Waals surface area contributed by atoms with Gasteiger partial charge >= 0.3 is 0 Å². The van der Waals surface area contributed by atoms with E-state index in [4.69, 9.17) is 11.6 Å². The van der Waals surface area contributed by atoms with Crippen LogP contribution in [0, 0.1) is 15.9 Å². The van der Waals surface area contributed by atoms with Crippen LogP contribution < -0.4 is 5.32 Å². The van der Waals surface area contributed by atoms with Crippen LogP contribution in [-0.2, 0) is 0 Å². The van der Waals surface area contributed by atoms with Crippen molar-refractivity contribution >= 4 is 44.8 Å². The molecule has 21 heavy (non-hydrogen) atoms. The Labute approximate surface area is 132 Å². The van der Waals surface area contributed by atoms with Gasteiger partial charge in [-0.15, -0.1) is 0 Å². The molecule has 0 aliphatic carbocycles. The fourth-order valence-electron chi connectivity index (χ4n) is 1.63. The van der Waals surface area contributed by atoms with Crippen molar-refractivity contribution in [1.82, 2.24) is 0 Å². The summed E-state index contributed by atoms with van der Waals surface area (Å²) in [6, 6.07) is 7.41. The number of nitrogens with one attached hydrogen (secondary N) is 1. The van der Waals surface area contributed by atoms with Gasteiger partial charge in [0.15, 0.2) is 0 Å². The molecule has 2 rings (SSSR count). The number of nitro groups is 1. The first-order valence-corrected chi connectivity index (χ1v) is 6.76. The molecule has 0 saturated heterocycles. The summed E-state index contributed by atoms with van der Waals surface area (Å²) < 4.78 is 13.8. The van der Waals surface area contributed by atoms with E-state index >= 15 is 0 Å². The number of nitro benzene ring substituents is 1. The Bertz CT molecular complexity index is 739. The normalized spacial score (nSPS) is 10.2. The summed E-state index contributed by atoms with van der Waals surface area (Å²) in [4.78, 5) is 22.3. The Morgan fingerprint density at radius 2 is 2.00 bits per heavy atom. The Morgan fingerprint density at radius 3 is 2.67 bits per heavy atom. The molecule has 0 bridgehead atoms. The molecule has 2 aromatic rings. The fraction of sp³-hybridized carbons (Fsp3) is 0. The van der Waals surface area contributed by atoms with Crippen molar-refractivity contribution in [2.24, 2.45) is 0 Å². The molecule has 0 aliphatic heterocycles. The number of halogens is 3. The topological polar surface area (TPSA) is 72.2 Å². The van der Waals surface area contributed by atoms with E-state index in [0.29, 0.717) is 4.47 Å².